The average Bonchev–Trinajstić information content (AvgIpc) is 3.35. The number of hydroxylamine groups is 1. The van der Waals surface area contributed by atoms with Gasteiger partial charge in [0.2, 0.25) is 0 Å². The standard InChI is InChI=1S/C22H24N4O2/c27-22(24-28)12-11-17-7-9-18(10-8-17)15-25-13-3-5-20(25)16-26-21-6-2-1-4-19(21)14-23-26/h1-2,4,6-12,14,20,28H,3,5,13,15-16H2,(H,24,27)/t20-/m1/s1. The van der Waals surface area contributed by atoms with E-state index in [9.17, 15) is 4.79 Å². The number of hydrogen-bond acceptors (Lipinski definition) is 4. The zero-order valence-electron chi connectivity index (χ0n) is 15.7. The molecule has 2 heterocycles. The fourth-order valence-corrected chi connectivity index (χ4v) is 3.86. The zero-order valence-corrected chi connectivity index (χ0v) is 15.7. The van der Waals surface area contributed by atoms with E-state index in [2.05, 4.69) is 45.0 Å². The fourth-order valence-electron chi connectivity index (χ4n) is 3.86. The lowest BCUT2D eigenvalue weighted by Gasteiger charge is -2.25. The molecule has 144 valence electrons. The summed E-state index contributed by atoms with van der Waals surface area (Å²) in [6.45, 7) is 2.91. The Bertz CT molecular complexity index is 978. The summed E-state index contributed by atoms with van der Waals surface area (Å²) < 4.78 is 2.12. The molecule has 6 nitrogen and oxygen atoms in total. The summed E-state index contributed by atoms with van der Waals surface area (Å²) >= 11 is 0. The van der Waals surface area contributed by atoms with Crippen molar-refractivity contribution < 1.29 is 10.0 Å². The number of fused-ring (bicyclic) bond motifs is 1. The number of carbonyl (C=O) groups excluding carboxylic acids is 1. The second-order valence-electron chi connectivity index (χ2n) is 7.20. The number of nitrogens with one attached hydrogen (secondary N) is 1. The highest BCUT2D eigenvalue weighted by molar-refractivity contribution is 5.90. The van der Waals surface area contributed by atoms with Crippen LogP contribution >= 0.6 is 0 Å². The zero-order chi connectivity index (χ0) is 19.3. The molecule has 28 heavy (non-hydrogen) atoms. The van der Waals surface area contributed by atoms with Gasteiger partial charge in [0.25, 0.3) is 5.91 Å². The van der Waals surface area contributed by atoms with Crippen molar-refractivity contribution in [3.05, 3.63) is 71.9 Å². The number of amides is 1. The van der Waals surface area contributed by atoms with E-state index in [1.54, 1.807) is 11.6 Å². The SMILES string of the molecule is O=C(C=Cc1ccc(CN2CCC[C@@H]2Cn2ncc3ccccc32)cc1)NO. The van der Waals surface area contributed by atoms with Crippen LogP contribution in [0.4, 0.5) is 0 Å². The van der Waals surface area contributed by atoms with Crippen LogP contribution in [0.1, 0.15) is 24.0 Å². The van der Waals surface area contributed by atoms with Gasteiger partial charge in [-0.25, -0.2) is 5.48 Å². The van der Waals surface area contributed by atoms with Crippen LogP contribution in [0.2, 0.25) is 0 Å². The van der Waals surface area contributed by atoms with Crippen molar-refractivity contribution in [3.8, 4) is 0 Å². The Hall–Kier alpha value is -2.96. The molecule has 1 amide bonds. The van der Waals surface area contributed by atoms with Crippen LogP contribution in [0, 0.1) is 0 Å². The maximum absolute atomic E-state index is 11.1. The predicted octanol–water partition coefficient (Wildman–Crippen LogP) is 3.22. The van der Waals surface area contributed by atoms with Crippen molar-refractivity contribution in [2.75, 3.05) is 6.54 Å². The molecule has 1 atom stereocenters. The Morgan fingerprint density at radius 2 is 2.04 bits per heavy atom. The topological polar surface area (TPSA) is 70.4 Å². The molecular formula is C22H24N4O2. The summed E-state index contributed by atoms with van der Waals surface area (Å²) in [6.07, 6.45) is 7.32. The van der Waals surface area contributed by atoms with Gasteiger partial charge >= 0.3 is 0 Å². The molecule has 0 radical (unpaired) electrons. The number of nitrogens with zero attached hydrogens (tertiary/aromatic N) is 3. The largest absolute Gasteiger partial charge is 0.294 e. The van der Waals surface area contributed by atoms with Crippen molar-refractivity contribution in [3.63, 3.8) is 0 Å². The van der Waals surface area contributed by atoms with Crippen LogP contribution in [0.3, 0.4) is 0 Å². The van der Waals surface area contributed by atoms with Crippen LogP contribution in [0.25, 0.3) is 17.0 Å². The minimum absolute atomic E-state index is 0.483. The van der Waals surface area contributed by atoms with Crippen molar-refractivity contribution in [1.82, 2.24) is 20.2 Å². The Morgan fingerprint density at radius 3 is 2.86 bits per heavy atom. The Labute approximate surface area is 164 Å². The van der Waals surface area contributed by atoms with Crippen molar-refractivity contribution in [1.29, 1.82) is 0 Å². The van der Waals surface area contributed by atoms with Crippen LogP contribution in [-0.4, -0.2) is 38.4 Å². The van der Waals surface area contributed by atoms with E-state index in [0.29, 0.717) is 6.04 Å². The molecule has 2 aromatic carbocycles. The Morgan fingerprint density at radius 1 is 1.21 bits per heavy atom. The molecule has 1 aliphatic rings. The number of rotatable bonds is 6. The van der Waals surface area contributed by atoms with Gasteiger partial charge in [0, 0.05) is 24.0 Å². The van der Waals surface area contributed by atoms with Crippen LogP contribution < -0.4 is 5.48 Å². The van der Waals surface area contributed by atoms with E-state index in [1.807, 2.05) is 24.4 Å². The van der Waals surface area contributed by atoms with Crippen LogP contribution in [0.5, 0.6) is 0 Å². The number of hydrogen-bond donors (Lipinski definition) is 2. The maximum atomic E-state index is 11.1. The first kappa shape index (κ1) is 18.4. The third-order valence-electron chi connectivity index (χ3n) is 5.34. The molecule has 0 spiro atoms. The van der Waals surface area contributed by atoms with Gasteiger partial charge in [-0.1, -0.05) is 42.5 Å². The van der Waals surface area contributed by atoms with Crippen molar-refractivity contribution in [2.24, 2.45) is 0 Å². The quantitative estimate of drug-likeness (QED) is 0.394. The highest BCUT2D eigenvalue weighted by Gasteiger charge is 2.25. The third kappa shape index (κ3) is 4.13. The van der Waals surface area contributed by atoms with E-state index in [4.69, 9.17) is 5.21 Å². The minimum Gasteiger partial charge on any atom is -0.294 e. The lowest BCUT2D eigenvalue weighted by molar-refractivity contribution is -0.124. The number of likely N-dealkylation sites (tertiary alicyclic amines) is 1. The monoisotopic (exact) mass is 376 g/mol. The van der Waals surface area contributed by atoms with E-state index < -0.39 is 5.91 Å². The van der Waals surface area contributed by atoms with E-state index in [-0.39, 0.29) is 0 Å². The fraction of sp³-hybridized carbons (Fsp3) is 0.273. The molecule has 1 aliphatic heterocycles. The highest BCUT2D eigenvalue weighted by atomic mass is 16.5. The molecular weight excluding hydrogens is 352 g/mol. The lowest BCUT2D eigenvalue weighted by Crippen LogP contribution is -2.32. The van der Waals surface area contributed by atoms with Gasteiger partial charge in [-0.15, -0.1) is 0 Å². The summed E-state index contributed by atoms with van der Waals surface area (Å²) in [5.74, 6) is -0.532. The molecule has 2 N–H and O–H groups in total. The Balaban J connectivity index is 1.41. The minimum atomic E-state index is -0.532. The highest BCUT2D eigenvalue weighted by Crippen LogP contribution is 2.23. The first-order valence-electron chi connectivity index (χ1n) is 9.58. The van der Waals surface area contributed by atoms with Gasteiger partial charge in [0.05, 0.1) is 18.3 Å². The van der Waals surface area contributed by atoms with Gasteiger partial charge in [-0.05, 0) is 42.7 Å². The molecule has 0 saturated carbocycles. The molecule has 0 unspecified atom stereocenters. The molecule has 1 aromatic heterocycles. The van der Waals surface area contributed by atoms with Gasteiger partial charge in [-0.3, -0.25) is 19.6 Å². The molecule has 0 aliphatic carbocycles. The first-order valence-corrected chi connectivity index (χ1v) is 9.58. The Kier molecular flexibility index (Phi) is 5.50. The van der Waals surface area contributed by atoms with Crippen LogP contribution in [0.15, 0.2) is 60.8 Å². The normalized spacial score (nSPS) is 17.5. The number of carbonyl (C=O) groups is 1. The van der Waals surface area contributed by atoms with E-state index >= 15 is 0 Å². The molecule has 3 aromatic rings. The number of benzene rings is 2. The predicted molar refractivity (Wildman–Crippen MR) is 109 cm³/mol. The summed E-state index contributed by atoms with van der Waals surface area (Å²) in [7, 11) is 0. The van der Waals surface area contributed by atoms with Crippen molar-refractivity contribution in [2.45, 2.75) is 32.0 Å². The first-order chi connectivity index (χ1) is 13.7. The van der Waals surface area contributed by atoms with E-state index in [1.165, 1.54) is 35.4 Å². The van der Waals surface area contributed by atoms with E-state index in [0.717, 1.165) is 25.2 Å². The molecule has 6 heteroatoms. The second kappa shape index (κ2) is 8.37. The maximum Gasteiger partial charge on any atom is 0.267 e. The van der Waals surface area contributed by atoms with Gasteiger partial charge in [0.1, 0.15) is 0 Å². The second-order valence-corrected chi connectivity index (χ2v) is 7.20. The lowest BCUT2D eigenvalue weighted by atomic mass is 10.1. The van der Waals surface area contributed by atoms with Gasteiger partial charge in [-0.2, -0.15) is 5.10 Å². The van der Waals surface area contributed by atoms with Gasteiger partial charge < -0.3 is 0 Å². The van der Waals surface area contributed by atoms with Gasteiger partial charge in [0.15, 0.2) is 0 Å². The average molecular weight is 376 g/mol. The van der Waals surface area contributed by atoms with Crippen LogP contribution in [-0.2, 0) is 17.9 Å². The third-order valence-corrected chi connectivity index (χ3v) is 5.34. The smallest absolute Gasteiger partial charge is 0.267 e. The molecule has 1 fully saturated rings. The molecule has 4 rings (SSSR count). The summed E-state index contributed by atoms with van der Waals surface area (Å²) in [5, 5.41) is 14.3. The summed E-state index contributed by atoms with van der Waals surface area (Å²) in [6, 6.07) is 17.0. The summed E-state index contributed by atoms with van der Waals surface area (Å²) in [4.78, 5) is 13.6. The number of para-hydroxylation sites is 1. The molecule has 0 bridgehead atoms. The number of aromatic nitrogens is 2. The summed E-state index contributed by atoms with van der Waals surface area (Å²) in [5.41, 5.74) is 4.96. The van der Waals surface area contributed by atoms with Crippen molar-refractivity contribution >= 4 is 22.9 Å². The molecule has 1 saturated heterocycles.